The van der Waals surface area contributed by atoms with E-state index in [1.54, 1.807) is 11.3 Å². The number of nitrogen functional groups attached to an aromatic ring is 1. The maximum absolute atomic E-state index is 5.59. The molecule has 17 heavy (non-hydrogen) atoms. The van der Waals surface area contributed by atoms with Crippen molar-refractivity contribution in [1.82, 2.24) is 10.2 Å². The van der Waals surface area contributed by atoms with Crippen molar-refractivity contribution in [2.45, 2.75) is 26.4 Å². The number of hydrogen-bond donors (Lipinski definition) is 1. The zero-order valence-electron chi connectivity index (χ0n) is 9.88. The number of ether oxygens (including phenoxy) is 1. The quantitative estimate of drug-likeness (QED) is 0.846. The van der Waals surface area contributed by atoms with Crippen molar-refractivity contribution >= 4 is 17.0 Å². The first-order valence-corrected chi connectivity index (χ1v) is 6.27. The van der Waals surface area contributed by atoms with Crippen LogP contribution in [0.25, 0.3) is 0 Å². The van der Waals surface area contributed by atoms with Gasteiger partial charge in [-0.1, -0.05) is 25.2 Å². The van der Waals surface area contributed by atoms with E-state index >= 15 is 0 Å². The van der Waals surface area contributed by atoms with E-state index in [1.807, 2.05) is 24.3 Å². The summed E-state index contributed by atoms with van der Waals surface area (Å²) in [5, 5.41) is 10.1. The van der Waals surface area contributed by atoms with Crippen LogP contribution in [0.2, 0.25) is 0 Å². The molecule has 0 spiro atoms. The maximum atomic E-state index is 5.59. The molecule has 1 aromatic heterocycles. The first-order chi connectivity index (χ1) is 8.15. The minimum absolute atomic E-state index is 0.415. The summed E-state index contributed by atoms with van der Waals surface area (Å²) in [7, 11) is 0. The molecule has 0 aliphatic heterocycles. The lowest BCUT2D eigenvalue weighted by Crippen LogP contribution is -1.95. The second kappa shape index (κ2) is 5.14. The van der Waals surface area contributed by atoms with Crippen LogP contribution in [0.4, 0.5) is 5.69 Å². The monoisotopic (exact) mass is 249 g/mol. The normalized spacial score (nSPS) is 10.8. The summed E-state index contributed by atoms with van der Waals surface area (Å²) >= 11 is 1.59. The number of benzene rings is 1. The molecule has 0 radical (unpaired) electrons. The Kier molecular flexibility index (Phi) is 3.58. The molecule has 2 aromatic rings. The molecular formula is C12H15N3OS. The summed E-state index contributed by atoms with van der Waals surface area (Å²) < 4.78 is 5.59. The van der Waals surface area contributed by atoms with Gasteiger partial charge in [-0.2, -0.15) is 0 Å². The van der Waals surface area contributed by atoms with E-state index in [2.05, 4.69) is 24.0 Å². The Balaban J connectivity index is 1.95. The van der Waals surface area contributed by atoms with E-state index in [0.717, 1.165) is 21.5 Å². The number of anilines is 1. The first kappa shape index (κ1) is 11.9. The predicted octanol–water partition coefficient (Wildman–Crippen LogP) is 2.82. The van der Waals surface area contributed by atoms with Crippen molar-refractivity contribution in [3.63, 3.8) is 0 Å². The Labute approximate surface area is 104 Å². The number of aromatic nitrogens is 2. The standard InChI is InChI=1S/C12H15N3OS/c1-8(2)12-15-14-11(17-12)7-16-10-5-3-9(13)4-6-10/h3-6,8H,7,13H2,1-2H3. The third-order valence-corrected chi connectivity index (χ3v) is 3.42. The second-order valence-corrected chi connectivity index (χ2v) is 5.14. The second-order valence-electron chi connectivity index (χ2n) is 4.05. The average molecular weight is 249 g/mol. The summed E-state index contributed by atoms with van der Waals surface area (Å²) in [6.45, 7) is 4.66. The van der Waals surface area contributed by atoms with E-state index in [0.29, 0.717) is 12.5 Å². The molecule has 1 aromatic carbocycles. The van der Waals surface area contributed by atoms with Gasteiger partial charge in [0.15, 0.2) is 5.01 Å². The molecule has 0 saturated carbocycles. The maximum Gasteiger partial charge on any atom is 0.155 e. The summed E-state index contributed by atoms with van der Waals surface area (Å²) in [4.78, 5) is 0. The Morgan fingerprint density at radius 2 is 1.94 bits per heavy atom. The minimum Gasteiger partial charge on any atom is -0.486 e. The van der Waals surface area contributed by atoms with Crippen molar-refractivity contribution < 1.29 is 4.74 Å². The molecule has 0 saturated heterocycles. The van der Waals surface area contributed by atoms with Gasteiger partial charge < -0.3 is 10.5 Å². The van der Waals surface area contributed by atoms with Gasteiger partial charge in [0, 0.05) is 11.6 Å². The van der Waals surface area contributed by atoms with Gasteiger partial charge in [0.1, 0.15) is 17.4 Å². The highest BCUT2D eigenvalue weighted by atomic mass is 32.1. The fourth-order valence-electron chi connectivity index (χ4n) is 1.27. The fourth-order valence-corrected chi connectivity index (χ4v) is 2.03. The zero-order valence-corrected chi connectivity index (χ0v) is 10.7. The molecule has 4 nitrogen and oxygen atoms in total. The van der Waals surface area contributed by atoms with Crippen LogP contribution in [0, 0.1) is 0 Å². The molecule has 0 aliphatic carbocycles. The molecule has 90 valence electrons. The van der Waals surface area contributed by atoms with E-state index in [1.165, 1.54) is 0 Å². The first-order valence-electron chi connectivity index (χ1n) is 5.46. The van der Waals surface area contributed by atoms with Crippen molar-refractivity contribution in [2.24, 2.45) is 0 Å². The molecule has 0 amide bonds. The Hall–Kier alpha value is -1.62. The summed E-state index contributed by atoms with van der Waals surface area (Å²) in [5.74, 6) is 1.21. The minimum atomic E-state index is 0.415. The molecule has 0 unspecified atom stereocenters. The molecular weight excluding hydrogens is 234 g/mol. The van der Waals surface area contributed by atoms with Crippen molar-refractivity contribution in [3.8, 4) is 5.75 Å². The molecule has 2 N–H and O–H groups in total. The van der Waals surface area contributed by atoms with E-state index in [9.17, 15) is 0 Å². The molecule has 0 aliphatic rings. The van der Waals surface area contributed by atoms with Gasteiger partial charge in [-0.25, -0.2) is 0 Å². The fraction of sp³-hybridized carbons (Fsp3) is 0.333. The van der Waals surface area contributed by atoms with Gasteiger partial charge in [0.2, 0.25) is 0 Å². The van der Waals surface area contributed by atoms with E-state index in [4.69, 9.17) is 10.5 Å². The summed E-state index contributed by atoms with van der Waals surface area (Å²) in [6, 6.07) is 7.32. The van der Waals surface area contributed by atoms with Gasteiger partial charge in [0.05, 0.1) is 0 Å². The van der Waals surface area contributed by atoms with Crippen LogP contribution in [-0.2, 0) is 6.61 Å². The number of nitrogens with two attached hydrogens (primary N) is 1. The highest BCUT2D eigenvalue weighted by Crippen LogP contribution is 2.20. The Morgan fingerprint density at radius 3 is 2.53 bits per heavy atom. The van der Waals surface area contributed by atoms with Crippen molar-refractivity contribution in [2.75, 3.05) is 5.73 Å². The van der Waals surface area contributed by atoms with Gasteiger partial charge in [-0.3, -0.25) is 0 Å². The van der Waals surface area contributed by atoms with Gasteiger partial charge >= 0.3 is 0 Å². The molecule has 0 atom stereocenters. The lowest BCUT2D eigenvalue weighted by atomic mass is 10.2. The van der Waals surface area contributed by atoms with Crippen LogP contribution in [-0.4, -0.2) is 10.2 Å². The zero-order chi connectivity index (χ0) is 12.3. The highest BCUT2D eigenvalue weighted by Gasteiger charge is 2.07. The number of nitrogens with zero attached hydrogens (tertiary/aromatic N) is 2. The van der Waals surface area contributed by atoms with Crippen LogP contribution in [0.15, 0.2) is 24.3 Å². The SMILES string of the molecule is CC(C)c1nnc(COc2ccc(N)cc2)s1. The number of rotatable bonds is 4. The average Bonchev–Trinajstić information content (AvgIpc) is 2.77. The molecule has 1 heterocycles. The van der Waals surface area contributed by atoms with Crippen LogP contribution < -0.4 is 10.5 Å². The largest absolute Gasteiger partial charge is 0.486 e. The predicted molar refractivity (Wildman–Crippen MR) is 69.2 cm³/mol. The molecule has 0 bridgehead atoms. The lowest BCUT2D eigenvalue weighted by molar-refractivity contribution is 0.304. The van der Waals surface area contributed by atoms with Crippen molar-refractivity contribution in [3.05, 3.63) is 34.3 Å². The summed E-state index contributed by atoms with van der Waals surface area (Å²) in [5.41, 5.74) is 6.33. The Morgan fingerprint density at radius 1 is 1.24 bits per heavy atom. The van der Waals surface area contributed by atoms with Crippen LogP contribution in [0.1, 0.15) is 29.8 Å². The van der Waals surface area contributed by atoms with E-state index in [-0.39, 0.29) is 0 Å². The van der Waals surface area contributed by atoms with Crippen LogP contribution >= 0.6 is 11.3 Å². The third-order valence-electron chi connectivity index (χ3n) is 2.22. The van der Waals surface area contributed by atoms with Crippen LogP contribution in [0.3, 0.4) is 0 Å². The Bertz CT molecular complexity index is 479. The van der Waals surface area contributed by atoms with E-state index < -0.39 is 0 Å². The molecule has 0 fully saturated rings. The summed E-state index contributed by atoms with van der Waals surface area (Å²) in [6.07, 6.45) is 0. The van der Waals surface area contributed by atoms with Gasteiger partial charge in [-0.15, -0.1) is 10.2 Å². The molecule has 5 heteroatoms. The van der Waals surface area contributed by atoms with Gasteiger partial charge in [0.25, 0.3) is 0 Å². The smallest absolute Gasteiger partial charge is 0.155 e. The molecule has 2 rings (SSSR count). The topological polar surface area (TPSA) is 61.0 Å². The lowest BCUT2D eigenvalue weighted by Gasteiger charge is -2.03. The number of hydrogen-bond acceptors (Lipinski definition) is 5. The highest BCUT2D eigenvalue weighted by molar-refractivity contribution is 7.11. The van der Waals surface area contributed by atoms with Crippen LogP contribution in [0.5, 0.6) is 5.75 Å². The third kappa shape index (κ3) is 3.17. The van der Waals surface area contributed by atoms with Gasteiger partial charge in [-0.05, 0) is 24.3 Å². The van der Waals surface area contributed by atoms with Crippen molar-refractivity contribution in [1.29, 1.82) is 0 Å².